The molecule has 1 fully saturated rings. The predicted molar refractivity (Wildman–Crippen MR) is 104 cm³/mol. The standard InChI is InChI=1S/C19H21ClFN3O3/c1-26-17-6-4-14(12-18(17)27-2)23-7-9-24(10-8-23)19(25)22-13-3-5-16(21)15(20)11-13/h3-6,11-12H,7-10H2,1-2H3,(H,22,25). The first-order valence-corrected chi connectivity index (χ1v) is 8.87. The largest absolute Gasteiger partial charge is 0.493 e. The number of carbonyl (C=O) groups is 1. The van der Waals surface area contributed by atoms with Crippen LogP contribution in [0.2, 0.25) is 5.02 Å². The van der Waals surface area contributed by atoms with Crippen molar-refractivity contribution in [3.05, 3.63) is 47.2 Å². The SMILES string of the molecule is COc1ccc(N2CCN(C(=O)Nc3ccc(F)c(Cl)c3)CC2)cc1OC. The number of carbonyl (C=O) groups excluding carboxylic acids is 1. The smallest absolute Gasteiger partial charge is 0.321 e. The van der Waals surface area contributed by atoms with E-state index in [0.29, 0.717) is 43.4 Å². The highest BCUT2D eigenvalue weighted by Gasteiger charge is 2.22. The summed E-state index contributed by atoms with van der Waals surface area (Å²) < 4.78 is 23.8. The molecule has 0 atom stereocenters. The molecule has 3 rings (SSSR count). The van der Waals surface area contributed by atoms with Crippen molar-refractivity contribution in [2.24, 2.45) is 0 Å². The molecule has 8 heteroatoms. The Morgan fingerprint density at radius 1 is 1.04 bits per heavy atom. The van der Waals surface area contributed by atoms with Crippen molar-refractivity contribution in [3.8, 4) is 11.5 Å². The number of hydrogen-bond acceptors (Lipinski definition) is 4. The maximum Gasteiger partial charge on any atom is 0.321 e. The van der Waals surface area contributed by atoms with E-state index in [1.54, 1.807) is 19.1 Å². The zero-order valence-electron chi connectivity index (χ0n) is 15.2. The fraction of sp³-hybridized carbons (Fsp3) is 0.316. The average molecular weight is 394 g/mol. The van der Waals surface area contributed by atoms with Crippen molar-refractivity contribution in [1.29, 1.82) is 0 Å². The Labute approximate surface area is 162 Å². The molecule has 2 aromatic carbocycles. The molecule has 0 bridgehead atoms. The lowest BCUT2D eigenvalue weighted by atomic mass is 10.2. The van der Waals surface area contributed by atoms with Crippen LogP contribution in [0, 0.1) is 5.82 Å². The van der Waals surface area contributed by atoms with Gasteiger partial charge in [-0.05, 0) is 30.3 Å². The van der Waals surface area contributed by atoms with Crippen LogP contribution >= 0.6 is 11.6 Å². The highest BCUT2D eigenvalue weighted by Crippen LogP contribution is 2.32. The first-order chi connectivity index (χ1) is 13.0. The number of piperazine rings is 1. The second-order valence-electron chi connectivity index (χ2n) is 6.07. The van der Waals surface area contributed by atoms with Crippen molar-refractivity contribution in [2.75, 3.05) is 50.6 Å². The van der Waals surface area contributed by atoms with Gasteiger partial charge in [0.15, 0.2) is 11.5 Å². The minimum absolute atomic E-state index is 0.0222. The zero-order valence-corrected chi connectivity index (χ0v) is 15.9. The quantitative estimate of drug-likeness (QED) is 0.857. The molecule has 2 amide bonds. The van der Waals surface area contributed by atoms with Crippen LogP contribution in [-0.4, -0.2) is 51.3 Å². The summed E-state index contributed by atoms with van der Waals surface area (Å²) in [5.41, 5.74) is 1.48. The number of urea groups is 1. The minimum Gasteiger partial charge on any atom is -0.493 e. The minimum atomic E-state index is -0.516. The summed E-state index contributed by atoms with van der Waals surface area (Å²) in [7, 11) is 3.20. The number of halogens is 2. The second-order valence-corrected chi connectivity index (χ2v) is 6.48. The number of benzene rings is 2. The monoisotopic (exact) mass is 393 g/mol. The molecular formula is C19H21ClFN3O3. The number of nitrogens with one attached hydrogen (secondary N) is 1. The van der Waals surface area contributed by atoms with E-state index < -0.39 is 5.82 Å². The highest BCUT2D eigenvalue weighted by atomic mass is 35.5. The fourth-order valence-electron chi connectivity index (χ4n) is 2.97. The average Bonchev–Trinajstić information content (AvgIpc) is 2.70. The topological polar surface area (TPSA) is 54.0 Å². The van der Waals surface area contributed by atoms with Crippen LogP contribution in [0.15, 0.2) is 36.4 Å². The summed E-state index contributed by atoms with van der Waals surface area (Å²) in [5, 5.41) is 2.73. The molecule has 1 saturated heterocycles. The third-order valence-corrected chi connectivity index (χ3v) is 4.76. The highest BCUT2D eigenvalue weighted by molar-refractivity contribution is 6.31. The number of amides is 2. The molecule has 1 heterocycles. The number of rotatable bonds is 4. The van der Waals surface area contributed by atoms with Crippen LogP contribution in [0.25, 0.3) is 0 Å². The molecule has 0 saturated carbocycles. The first-order valence-electron chi connectivity index (χ1n) is 8.50. The Morgan fingerprint density at radius 3 is 2.37 bits per heavy atom. The molecule has 1 aliphatic rings. The number of ether oxygens (including phenoxy) is 2. The molecule has 0 aromatic heterocycles. The molecule has 0 unspecified atom stereocenters. The van der Waals surface area contributed by atoms with E-state index in [2.05, 4.69) is 10.2 Å². The van der Waals surface area contributed by atoms with Gasteiger partial charge in [0.05, 0.1) is 19.2 Å². The molecule has 1 N–H and O–H groups in total. The Balaban J connectivity index is 1.59. The molecule has 144 valence electrons. The van der Waals surface area contributed by atoms with Gasteiger partial charge < -0.3 is 24.6 Å². The van der Waals surface area contributed by atoms with Gasteiger partial charge in [-0.3, -0.25) is 0 Å². The third kappa shape index (κ3) is 4.36. The van der Waals surface area contributed by atoms with Crippen LogP contribution in [0.1, 0.15) is 0 Å². The summed E-state index contributed by atoms with van der Waals surface area (Å²) in [6, 6.07) is 9.64. The van der Waals surface area contributed by atoms with Crippen molar-refractivity contribution in [2.45, 2.75) is 0 Å². The number of methoxy groups -OCH3 is 2. The molecular weight excluding hydrogens is 373 g/mol. The van der Waals surface area contributed by atoms with Crippen molar-refractivity contribution < 1.29 is 18.7 Å². The molecule has 1 aliphatic heterocycles. The molecule has 27 heavy (non-hydrogen) atoms. The van der Waals surface area contributed by atoms with Crippen molar-refractivity contribution in [1.82, 2.24) is 4.90 Å². The number of anilines is 2. The first kappa shape index (κ1) is 19.1. The van der Waals surface area contributed by atoms with Gasteiger partial charge in [-0.15, -0.1) is 0 Å². The third-order valence-electron chi connectivity index (χ3n) is 4.47. The normalized spacial score (nSPS) is 14.1. The maximum atomic E-state index is 13.2. The Bertz CT molecular complexity index is 826. The Hall–Kier alpha value is -2.67. The van der Waals surface area contributed by atoms with E-state index in [-0.39, 0.29) is 11.1 Å². The lowest BCUT2D eigenvalue weighted by Gasteiger charge is -2.36. The van der Waals surface area contributed by atoms with E-state index in [4.69, 9.17) is 21.1 Å². The van der Waals surface area contributed by atoms with Gasteiger partial charge in [-0.1, -0.05) is 11.6 Å². The fourth-order valence-corrected chi connectivity index (χ4v) is 3.15. The number of hydrogen-bond donors (Lipinski definition) is 1. The number of nitrogens with zero attached hydrogens (tertiary/aromatic N) is 2. The molecule has 6 nitrogen and oxygen atoms in total. The summed E-state index contributed by atoms with van der Waals surface area (Å²) >= 11 is 5.75. The van der Waals surface area contributed by atoms with Crippen LogP contribution in [0.3, 0.4) is 0 Å². The van der Waals surface area contributed by atoms with Gasteiger partial charge in [0.1, 0.15) is 5.82 Å². The van der Waals surface area contributed by atoms with Crippen molar-refractivity contribution in [3.63, 3.8) is 0 Å². The molecule has 0 spiro atoms. The van der Waals surface area contributed by atoms with E-state index in [0.717, 1.165) is 5.69 Å². The van der Waals surface area contributed by atoms with Gasteiger partial charge >= 0.3 is 6.03 Å². The van der Waals surface area contributed by atoms with Crippen LogP contribution in [0.5, 0.6) is 11.5 Å². The molecule has 0 aliphatic carbocycles. The van der Waals surface area contributed by atoms with E-state index in [9.17, 15) is 9.18 Å². The lowest BCUT2D eigenvalue weighted by molar-refractivity contribution is 0.208. The van der Waals surface area contributed by atoms with Gasteiger partial charge in [-0.2, -0.15) is 0 Å². The van der Waals surface area contributed by atoms with E-state index in [1.807, 2.05) is 18.2 Å². The van der Waals surface area contributed by atoms with E-state index in [1.165, 1.54) is 18.2 Å². The summed E-state index contributed by atoms with van der Waals surface area (Å²) in [4.78, 5) is 16.3. The van der Waals surface area contributed by atoms with Crippen LogP contribution in [0.4, 0.5) is 20.6 Å². The predicted octanol–water partition coefficient (Wildman–Crippen LogP) is 3.85. The summed E-state index contributed by atoms with van der Waals surface area (Å²) in [6.07, 6.45) is 0. The lowest BCUT2D eigenvalue weighted by Crippen LogP contribution is -2.50. The van der Waals surface area contributed by atoms with E-state index >= 15 is 0 Å². The molecule has 0 radical (unpaired) electrons. The van der Waals surface area contributed by atoms with Crippen LogP contribution < -0.4 is 19.7 Å². The second kappa shape index (κ2) is 8.35. The van der Waals surface area contributed by atoms with Gasteiger partial charge in [-0.25, -0.2) is 9.18 Å². The van der Waals surface area contributed by atoms with Gasteiger partial charge in [0.2, 0.25) is 0 Å². The maximum absolute atomic E-state index is 13.2. The molecule has 2 aromatic rings. The van der Waals surface area contributed by atoms with Gasteiger partial charge in [0.25, 0.3) is 0 Å². The zero-order chi connectivity index (χ0) is 19.4. The summed E-state index contributed by atoms with van der Waals surface area (Å²) in [5.74, 6) is 0.832. The Morgan fingerprint density at radius 2 is 1.74 bits per heavy atom. The van der Waals surface area contributed by atoms with Crippen LogP contribution in [-0.2, 0) is 0 Å². The van der Waals surface area contributed by atoms with Crippen molar-refractivity contribution >= 4 is 29.0 Å². The van der Waals surface area contributed by atoms with Gasteiger partial charge in [0, 0.05) is 43.6 Å². The summed E-state index contributed by atoms with van der Waals surface area (Å²) in [6.45, 7) is 2.50. The Kier molecular flexibility index (Phi) is 5.91.